The molecule has 0 saturated heterocycles. The van der Waals surface area contributed by atoms with Crippen molar-refractivity contribution in [3.05, 3.63) is 23.8 Å². The van der Waals surface area contributed by atoms with Crippen LogP contribution in [0.2, 0.25) is 0 Å². The maximum atomic E-state index is 5.32. The Balaban J connectivity index is 2.44. The zero-order valence-electron chi connectivity index (χ0n) is 14.6. The van der Waals surface area contributed by atoms with Crippen molar-refractivity contribution < 1.29 is 9.47 Å². The third-order valence-electron chi connectivity index (χ3n) is 3.10. The number of nitrogens with zero attached hydrogens (tertiary/aromatic N) is 1. The first-order valence-corrected chi connectivity index (χ1v) is 7.59. The molecule has 1 aromatic carbocycles. The fraction of sp³-hybridized carbons (Fsp3) is 0.588. The van der Waals surface area contributed by atoms with E-state index >= 15 is 0 Å². The van der Waals surface area contributed by atoms with Crippen molar-refractivity contribution in [2.24, 2.45) is 4.99 Å². The summed E-state index contributed by atoms with van der Waals surface area (Å²) >= 11 is 0. The maximum absolute atomic E-state index is 5.32. The standard InChI is InChI=1S/C17H29N3O2/c1-17(2,3)20-16(18-4)19-11-7-8-13-9-10-14(21-5)15(12-13)22-6/h9-10,12H,7-8,11H2,1-6H3,(H2,18,19,20). The van der Waals surface area contributed by atoms with E-state index in [0.29, 0.717) is 0 Å². The average Bonchev–Trinajstić information content (AvgIpc) is 2.48. The predicted octanol–water partition coefficient (Wildman–Crippen LogP) is 2.60. The zero-order chi connectivity index (χ0) is 16.6. The molecule has 1 rings (SSSR count). The van der Waals surface area contributed by atoms with Gasteiger partial charge in [-0.05, 0) is 51.3 Å². The highest BCUT2D eigenvalue weighted by Gasteiger charge is 2.11. The highest BCUT2D eigenvalue weighted by Crippen LogP contribution is 2.27. The average molecular weight is 307 g/mol. The molecule has 22 heavy (non-hydrogen) atoms. The van der Waals surface area contributed by atoms with Crippen molar-refractivity contribution in [1.82, 2.24) is 10.6 Å². The van der Waals surface area contributed by atoms with Gasteiger partial charge in [0.1, 0.15) is 0 Å². The molecule has 5 heteroatoms. The monoisotopic (exact) mass is 307 g/mol. The van der Waals surface area contributed by atoms with E-state index in [1.807, 2.05) is 12.1 Å². The number of nitrogens with one attached hydrogen (secondary N) is 2. The third-order valence-corrected chi connectivity index (χ3v) is 3.10. The molecule has 0 amide bonds. The summed E-state index contributed by atoms with van der Waals surface area (Å²) in [4.78, 5) is 4.23. The second kappa shape index (κ2) is 8.51. The molecule has 5 nitrogen and oxygen atoms in total. The van der Waals surface area contributed by atoms with E-state index in [9.17, 15) is 0 Å². The Hall–Kier alpha value is -1.91. The molecule has 0 aliphatic carbocycles. The van der Waals surface area contributed by atoms with Gasteiger partial charge >= 0.3 is 0 Å². The van der Waals surface area contributed by atoms with Crippen molar-refractivity contribution in [2.75, 3.05) is 27.8 Å². The van der Waals surface area contributed by atoms with Gasteiger partial charge in [0.25, 0.3) is 0 Å². The van der Waals surface area contributed by atoms with Crippen LogP contribution < -0.4 is 20.1 Å². The van der Waals surface area contributed by atoms with Crippen LogP contribution in [0.25, 0.3) is 0 Å². The summed E-state index contributed by atoms with van der Waals surface area (Å²) in [5.41, 5.74) is 1.24. The van der Waals surface area contributed by atoms with Crippen LogP contribution in [0, 0.1) is 0 Å². The maximum Gasteiger partial charge on any atom is 0.191 e. The lowest BCUT2D eigenvalue weighted by Crippen LogP contribution is -2.47. The normalized spacial score (nSPS) is 12.0. The van der Waals surface area contributed by atoms with E-state index in [2.05, 4.69) is 42.5 Å². The van der Waals surface area contributed by atoms with Crippen LogP contribution in [-0.2, 0) is 6.42 Å². The minimum atomic E-state index is 0.00515. The molecule has 0 spiro atoms. The van der Waals surface area contributed by atoms with Crippen LogP contribution >= 0.6 is 0 Å². The van der Waals surface area contributed by atoms with Gasteiger partial charge in [0, 0.05) is 19.1 Å². The lowest BCUT2D eigenvalue weighted by Gasteiger charge is -2.23. The molecule has 0 atom stereocenters. The zero-order valence-corrected chi connectivity index (χ0v) is 14.6. The minimum Gasteiger partial charge on any atom is -0.493 e. The number of aliphatic imine (C=N–C) groups is 1. The first-order chi connectivity index (χ1) is 10.4. The summed E-state index contributed by atoms with van der Waals surface area (Å²) in [7, 11) is 5.09. The van der Waals surface area contributed by atoms with Gasteiger partial charge in [0.15, 0.2) is 17.5 Å². The van der Waals surface area contributed by atoms with E-state index in [-0.39, 0.29) is 5.54 Å². The summed E-state index contributed by atoms with van der Waals surface area (Å²) in [6.07, 6.45) is 1.99. The molecule has 0 aromatic heterocycles. The van der Waals surface area contributed by atoms with Gasteiger partial charge < -0.3 is 20.1 Å². The number of hydrogen-bond acceptors (Lipinski definition) is 3. The first kappa shape index (κ1) is 18.1. The van der Waals surface area contributed by atoms with Crippen LogP contribution in [0.4, 0.5) is 0 Å². The Morgan fingerprint density at radius 2 is 1.82 bits per heavy atom. The van der Waals surface area contributed by atoms with E-state index in [1.165, 1.54) is 5.56 Å². The number of rotatable bonds is 6. The summed E-state index contributed by atoms with van der Waals surface area (Å²) < 4.78 is 10.6. The SMILES string of the molecule is CN=C(NCCCc1ccc(OC)c(OC)c1)NC(C)(C)C. The number of methoxy groups -OCH3 is 2. The smallest absolute Gasteiger partial charge is 0.191 e. The fourth-order valence-electron chi connectivity index (χ4n) is 2.07. The molecule has 0 bridgehead atoms. The predicted molar refractivity (Wildman–Crippen MR) is 92.1 cm³/mol. The topological polar surface area (TPSA) is 54.9 Å². The largest absolute Gasteiger partial charge is 0.493 e. The third kappa shape index (κ3) is 6.24. The minimum absolute atomic E-state index is 0.00515. The quantitative estimate of drug-likeness (QED) is 0.482. The summed E-state index contributed by atoms with van der Waals surface area (Å²) in [5.74, 6) is 2.37. The fourth-order valence-corrected chi connectivity index (χ4v) is 2.07. The molecule has 0 fully saturated rings. The van der Waals surface area contributed by atoms with Gasteiger partial charge in [-0.25, -0.2) is 0 Å². The summed E-state index contributed by atoms with van der Waals surface area (Å²) in [5, 5.41) is 6.67. The molecule has 0 saturated carbocycles. The van der Waals surface area contributed by atoms with Gasteiger partial charge in [0.05, 0.1) is 14.2 Å². The highest BCUT2D eigenvalue weighted by molar-refractivity contribution is 5.80. The lowest BCUT2D eigenvalue weighted by atomic mass is 10.1. The van der Waals surface area contributed by atoms with Crippen molar-refractivity contribution in [2.45, 2.75) is 39.2 Å². The molecule has 0 radical (unpaired) electrons. The molecular formula is C17H29N3O2. The van der Waals surface area contributed by atoms with Crippen LogP contribution in [0.3, 0.4) is 0 Å². The number of ether oxygens (including phenoxy) is 2. The van der Waals surface area contributed by atoms with Gasteiger partial charge in [-0.3, -0.25) is 4.99 Å². The number of aryl methyl sites for hydroxylation is 1. The summed E-state index contributed by atoms with van der Waals surface area (Å²) in [6.45, 7) is 7.21. The Morgan fingerprint density at radius 3 is 2.36 bits per heavy atom. The van der Waals surface area contributed by atoms with Gasteiger partial charge in [0.2, 0.25) is 0 Å². The molecule has 0 heterocycles. The number of benzene rings is 1. The molecule has 124 valence electrons. The Bertz CT molecular complexity index is 493. The summed E-state index contributed by atoms with van der Waals surface area (Å²) in [6, 6.07) is 6.05. The van der Waals surface area contributed by atoms with E-state index in [0.717, 1.165) is 36.8 Å². The van der Waals surface area contributed by atoms with Crippen molar-refractivity contribution in [3.63, 3.8) is 0 Å². The molecule has 0 unspecified atom stereocenters. The van der Waals surface area contributed by atoms with E-state index < -0.39 is 0 Å². The van der Waals surface area contributed by atoms with E-state index in [4.69, 9.17) is 9.47 Å². The molecule has 2 N–H and O–H groups in total. The number of guanidine groups is 1. The first-order valence-electron chi connectivity index (χ1n) is 7.59. The Kier molecular flexibility index (Phi) is 7.02. The van der Waals surface area contributed by atoms with Crippen LogP contribution in [0.1, 0.15) is 32.8 Å². The van der Waals surface area contributed by atoms with Gasteiger partial charge in [-0.2, -0.15) is 0 Å². The van der Waals surface area contributed by atoms with Crippen LogP contribution in [0.5, 0.6) is 11.5 Å². The highest BCUT2D eigenvalue weighted by atomic mass is 16.5. The van der Waals surface area contributed by atoms with Crippen LogP contribution in [-0.4, -0.2) is 39.3 Å². The lowest BCUT2D eigenvalue weighted by molar-refractivity contribution is 0.354. The second-order valence-electron chi connectivity index (χ2n) is 6.17. The molecule has 1 aromatic rings. The van der Waals surface area contributed by atoms with Gasteiger partial charge in [-0.15, -0.1) is 0 Å². The van der Waals surface area contributed by atoms with Gasteiger partial charge in [-0.1, -0.05) is 6.07 Å². The molecule has 0 aliphatic heterocycles. The van der Waals surface area contributed by atoms with Crippen molar-refractivity contribution >= 4 is 5.96 Å². The molecular weight excluding hydrogens is 278 g/mol. The Morgan fingerprint density at radius 1 is 1.14 bits per heavy atom. The Labute approximate surface area is 134 Å². The van der Waals surface area contributed by atoms with Crippen molar-refractivity contribution in [1.29, 1.82) is 0 Å². The second-order valence-corrected chi connectivity index (χ2v) is 6.17. The van der Waals surface area contributed by atoms with Crippen molar-refractivity contribution in [3.8, 4) is 11.5 Å². The van der Waals surface area contributed by atoms with E-state index in [1.54, 1.807) is 21.3 Å². The van der Waals surface area contributed by atoms with Crippen LogP contribution in [0.15, 0.2) is 23.2 Å². The molecule has 0 aliphatic rings. The number of hydrogen-bond donors (Lipinski definition) is 2.